The van der Waals surface area contributed by atoms with Crippen LogP contribution in [0.1, 0.15) is 42.4 Å². The maximum Gasteiger partial charge on any atom is 0.227 e. The van der Waals surface area contributed by atoms with Gasteiger partial charge in [0.25, 0.3) is 0 Å². The van der Waals surface area contributed by atoms with Gasteiger partial charge < -0.3 is 9.88 Å². The normalized spacial score (nSPS) is 10.8. The fraction of sp³-hybridized carbons (Fsp3) is 0.357. The molecule has 2 heterocycles. The molecule has 0 saturated heterocycles. The van der Waals surface area contributed by atoms with Crippen LogP contribution in [0, 0.1) is 0 Å². The molecule has 0 fully saturated rings. The average Bonchev–Trinajstić information content (AvgIpc) is 3.04. The molecule has 2 aromatic rings. The lowest BCUT2D eigenvalue weighted by Crippen LogP contribution is -2.15. The molecule has 2 aromatic heterocycles. The predicted octanol–water partition coefficient (Wildman–Crippen LogP) is 2.91. The van der Waals surface area contributed by atoms with Crippen LogP contribution in [0.3, 0.4) is 0 Å². The summed E-state index contributed by atoms with van der Waals surface area (Å²) in [5.41, 5.74) is 1.56. The van der Waals surface area contributed by atoms with Crippen LogP contribution in [0.2, 0.25) is 0 Å². The van der Waals surface area contributed by atoms with Gasteiger partial charge in [-0.15, -0.1) is 11.3 Å². The van der Waals surface area contributed by atoms with Crippen LogP contribution in [0.25, 0.3) is 0 Å². The summed E-state index contributed by atoms with van der Waals surface area (Å²) in [6.45, 7) is 4.61. The van der Waals surface area contributed by atoms with Crippen LogP contribution >= 0.6 is 11.3 Å². The fourth-order valence-electron chi connectivity index (χ4n) is 1.75. The van der Waals surface area contributed by atoms with Gasteiger partial charge in [-0.3, -0.25) is 9.59 Å². The first-order chi connectivity index (χ1) is 9.60. The zero-order valence-electron chi connectivity index (χ0n) is 11.5. The molecule has 0 aromatic carbocycles. The predicted molar refractivity (Wildman–Crippen MR) is 79.3 cm³/mol. The number of nitrogens with one attached hydrogen (secondary N) is 1. The van der Waals surface area contributed by atoms with Crippen LogP contribution < -0.4 is 5.32 Å². The summed E-state index contributed by atoms with van der Waals surface area (Å²) in [6.07, 6.45) is 2.89. The van der Waals surface area contributed by atoms with Crippen LogP contribution in [-0.2, 0) is 11.3 Å². The monoisotopic (exact) mass is 291 g/mol. The van der Waals surface area contributed by atoms with Crippen LogP contribution in [0.5, 0.6) is 0 Å². The molecule has 0 atom stereocenters. The number of aromatic nitrogens is 2. The molecule has 5 nitrogen and oxygen atoms in total. The van der Waals surface area contributed by atoms with E-state index in [0.717, 1.165) is 12.0 Å². The number of nitrogens with zero attached hydrogens (tertiary/aromatic N) is 2. The van der Waals surface area contributed by atoms with E-state index in [4.69, 9.17) is 0 Å². The number of thiazole rings is 1. The first-order valence-corrected chi connectivity index (χ1v) is 7.33. The highest BCUT2D eigenvalue weighted by Crippen LogP contribution is 2.21. The Morgan fingerprint density at radius 1 is 1.55 bits per heavy atom. The highest BCUT2D eigenvalue weighted by atomic mass is 32.1. The Morgan fingerprint density at radius 3 is 3.00 bits per heavy atom. The van der Waals surface area contributed by atoms with Gasteiger partial charge in [-0.05, 0) is 18.1 Å². The minimum atomic E-state index is -0.0970. The molecule has 0 aliphatic heterocycles. The van der Waals surface area contributed by atoms with Crippen LogP contribution in [-0.4, -0.2) is 21.7 Å². The van der Waals surface area contributed by atoms with Gasteiger partial charge in [-0.1, -0.05) is 13.8 Å². The Labute approximate surface area is 121 Å². The number of aldehydes is 1. The van der Waals surface area contributed by atoms with Gasteiger partial charge in [0, 0.05) is 24.5 Å². The molecule has 6 heteroatoms. The van der Waals surface area contributed by atoms with E-state index in [1.54, 1.807) is 22.9 Å². The van der Waals surface area contributed by atoms with Crippen molar-refractivity contribution in [3.8, 4) is 0 Å². The molecule has 1 amide bonds. The lowest BCUT2D eigenvalue weighted by atomic mass is 10.2. The van der Waals surface area contributed by atoms with Crippen molar-refractivity contribution < 1.29 is 9.59 Å². The molecule has 0 bridgehead atoms. The third kappa shape index (κ3) is 3.54. The summed E-state index contributed by atoms with van der Waals surface area (Å²) in [6, 6.07) is 3.51. The number of rotatable bonds is 6. The molecule has 20 heavy (non-hydrogen) atoms. The topological polar surface area (TPSA) is 64.0 Å². The summed E-state index contributed by atoms with van der Waals surface area (Å²) < 4.78 is 1.76. The van der Waals surface area contributed by atoms with Gasteiger partial charge in [0.05, 0.1) is 11.4 Å². The molecule has 0 radical (unpaired) electrons. The second-order valence-electron chi connectivity index (χ2n) is 4.77. The summed E-state index contributed by atoms with van der Waals surface area (Å²) >= 11 is 1.43. The minimum absolute atomic E-state index is 0.0970. The number of carbonyl (C=O) groups excluding carboxylic acids is 2. The molecule has 0 saturated carbocycles. The third-order valence-electron chi connectivity index (χ3n) is 2.92. The molecule has 0 spiro atoms. The Kier molecular flexibility index (Phi) is 4.68. The summed E-state index contributed by atoms with van der Waals surface area (Å²) in [5.74, 6) is 0.257. The molecular formula is C14H17N3O2S. The van der Waals surface area contributed by atoms with Gasteiger partial charge in [0.2, 0.25) is 5.91 Å². The van der Waals surface area contributed by atoms with Crippen molar-refractivity contribution in [2.75, 3.05) is 5.32 Å². The van der Waals surface area contributed by atoms with Gasteiger partial charge in [0.1, 0.15) is 0 Å². The molecule has 0 unspecified atom stereocenters. The minimum Gasteiger partial charge on any atom is -0.345 e. The van der Waals surface area contributed by atoms with Crippen molar-refractivity contribution in [3.05, 3.63) is 35.1 Å². The van der Waals surface area contributed by atoms with E-state index in [1.165, 1.54) is 11.3 Å². The standard InChI is InChI=1S/C14H17N3O2S/c1-10(2)12-9-20-14(15-12)16-13(19)5-7-17-6-3-4-11(17)8-18/h3-4,6,8-10H,5,7H2,1-2H3,(H,15,16,19). The molecule has 0 aliphatic rings. The Hall–Kier alpha value is -1.95. The van der Waals surface area contributed by atoms with E-state index in [9.17, 15) is 9.59 Å². The molecule has 0 aliphatic carbocycles. The van der Waals surface area contributed by atoms with E-state index >= 15 is 0 Å². The smallest absolute Gasteiger partial charge is 0.227 e. The summed E-state index contributed by atoms with van der Waals surface area (Å²) in [7, 11) is 0. The van der Waals surface area contributed by atoms with E-state index < -0.39 is 0 Å². The molecular weight excluding hydrogens is 274 g/mol. The summed E-state index contributed by atoms with van der Waals surface area (Å²) in [5, 5.41) is 5.37. The van der Waals surface area contributed by atoms with Crippen LogP contribution in [0.15, 0.2) is 23.7 Å². The Balaban J connectivity index is 1.87. The van der Waals surface area contributed by atoms with Gasteiger partial charge in [-0.2, -0.15) is 0 Å². The number of aryl methyl sites for hydroxylation is 1. The fourth-order valence-corrected chi connectivity index (χ4v) is 2.64. The highest BCUT2D eigenvalue weighted by Gasteiger charge is 2.09. The van der Waals surface area contributed by atoms with Crippen molar-refractivity contribution in [1.29, 1.82) is 0 Å². The average molecular weight is 291 g/mol. The van der Waals surface area contributed by atoms with Crippen molar-refractivity contribution >= 4 is 28.7 Å². The lowest BCUT2D eigenvalue weighted by molar-refractivity contribution is -0.116. The van der Waals surface area contributed by atoms with E-state index in [2.05, 4.69) is 24.1 Å². The zero-order valence-corrected chi connectivity index (χ0v) is 12.3. The van der Waals surface area contributed by atoms with E-state index in [1.807, 2.05) is 5.38 Å². The Morgan fingerprint density at radius 2 is 2.35 bits per heavy atom. The maximum atomic E-state index is 11.8. The van der Waals surface area contributed by atoms with Crippen molar-refractivity contribution in [2.24, 2.45) is 0 Å². The second-order valence-corrected chi connectivity index (χ2v) is 5.63. The maximum absolute atomic E-state index is 11.8. The van der Waals surface area contributed by atoms with Crippen molar-refractivity contribution in [3.63, 3.8) is 0 Å². The molecule has 2 rings (SSSR count). The largest absolute Gasteiger partial charge is 0.345 e. The number of hydrogen-bond donors (Lipinski definition) is 1. The SMILES string of the molecule is CC(C)c1csc(NC(=O)CCn2cccc2C=O)n1. The molecule has 1 N–H and O–H groups in total. The summed E-state index contributed by atoms with van der Waals surface area (Å²) in [4.78, 5) is 27.0. The van der Waals surface area contributed by atoms with Gasteiger partial charge >= 0.3 is 0 Å². The molecule has 106 valence electrons. The first-order valence-electron chi connectivity index (χ1n) is 6.45. The highest BCUT2D eigenvalue weighted by molar-refractivity contribution is 7.13. The number of amides is 1. The Bertz CT molecular complexity index is 601. The van der Waals surface area contributed by atoms with Crippen LogP contribution in [0.4, 0.5) is 5.13 Å². The van der Waals surface area contributed by atoms with Crippen molar-refractivity contribution in [1.82, 2.24) is 9.55 Å². The number of carbonyl (C=O) groups is 2. The third-order valence-corrected chi connectivity index (χ3v) is 3.70. The van der Waals surface area contributed by atoms with Crippen molar-refractivity contribution in [2.45, 2.75) is 32.7 Å². The number of anilines is 1. The van der Waals surface area contributed by atoms with E-state index in [-0.39, 0.29) is 5.91 Å². The van der Waals surface area contributed by atoms with Gasteiger partial charge in [0.15, 0.2) is 11.4 Å². The zero-order chi connectivity index (χ0) is 14.5. The quantitative estimate of drug-likeness (QED) is 0.832. The lowest BCUT2D eigenvalue weighted by Gasteiger charge is -2.05. The van der Waals surface area contributed by atoms with E-state index in [0.29, 0.717) is 29.7 Å². The second kappa shape index (κ2) is 6.47. The number of hydrogen-bond acceptors (Lipinski definition) is 4. The van der Waals surface area contributed by atoms with Gasteiger partial charge in [-0.25, -0.2) is 4.98 Å². The first kappa shape index (κ1) is 14.5.